The molecule has 2 aliphatic heterocycles. The van der Waals surface area contributed by atoms with Gasteiger partial charge in [-0.3, -0.25) is 4.79 Å². The summed E-state index contributed by atoms with van der Waals surface area (Å²) in [6.07, 6.45) is -3.74. The normalized spacial score (nSPS) is 25.1. The number of hydrogen-bond donors (Lipinski definition) is 1. The molecule has 0 bridgehead atoms. The van der Waals surface area contributed by atoms with Crippen LogP contribution < -0.4 is 4.90 Å². The highest BCUT2D eigenvalue weighted by Crippen LogP contribution is 2.40. The smallest absolute Gasteiger partial charge is 0.258 e. The number of fused-ring (bicyclic) bond motifs is 2. The number of anilines is 1. The van der Waals surface area contributed by atoms with Gasteiger partial charge in [-0.15, -0.1) is 16.4 Å². The number of benzene rings is 3. The van der Waals surface area contributed by atoms with Crippen LogP contribution in [0, 0.1) is 11.6 Å². The molecular formula is C30H24ClF2N5O5S. The van der Waals surface area contributed by atoms with Crippen molar-refractivity contribution >= 4 is 44.7 Å². The number of likely N-dealkylation sites (N-methyl/N-ethyl adjacent to an activating group) is 1. The zero-order valence-corrected chi connectivity index (χ0v) is 24.5. The van der Waals surface area contributed by atoms with Crippen molar-refractivity contribution in [1.29, 1.82) is 0 Å². The Hall–Kier alpha value is -3.85. The molecular weight excluding hydrogens is 616 g/mol. The highest BCUT2D eigenvalue weighted by Gasteiger charge is 2.53. The minimum atomic E-state index is -1.46. The zero-order chi connectivity index (χ0) is 30.5. The van der Waals surface area contributed by atoms with Crippen LogP contribution in [0.3, 0.4) is 0 Å². The second-order valence-corrected chi connectivity index (χ2v) is 11.8. The molecule has 4 heterocycles. The molecule has 14 heteroatoms. The summed E-state index contributed by atoms with van der Waals surface area (Å²) in [6, 6.07) is 15.8. The van der Waals surface area contributed by atoms with E-state index in [2.05, 4.69) is 15.3 Å². The van der Waals surface area contributed by atoms with E-state index in [4.69, 9.17) is 25.8 Å². The number of carbonyl (C=O) groups excluding carboxylic acids is 1. The Morgan fingerprint density at radius 2 is 1.89 bits per heavy atom. The van der Waals surface area contributed by atoms with E-state index in [0.717, 1.165) is 27.9 Å². The highest BCUT2D eigenvalue weighted by molar-refractivity contribution is 7.16. The molecule has 0 saturated carbocycles. The predicted molar refractivity (Wildman–Crippen MR) is 157 cm³/mol. The first-order valence-corrected chi connectivity index (χ1v) is 14.9. The topological polar surface area (TPSA) is 112 Å². The van der Waals surface area contributed by atoms with E-state index in [1.165, 1.54) is 27.1 Å². The minimum absolute atomic E-state index is 0.0585. The van der Waals surface area contributed by atoms with Crippen molar-refractivity contribution in [1.82, 2.24) is 20.0 Å². The first kappa shape index (κ1) is 28.9. The van der Waals surface area contributed by atoms with E-state index in [0.29, 0.717) is 5.69 Å². The van der Waals surface area contributed by atoms with Crippen molar-refractivity contribution in [2.75, 3.05) is 18.6 Å². The summed E-state index contributed by atoms with van der Waals surface area (Å²) in [5.41, 5.74) is 4.09. The van der Waals surface area contributed by atoms with Crippen molar-refractivity contribution in [2.45, 2.75) is 36.7 Å². The number of rotatable bonds is 5. The first-order valence-electron chi connectivity index (χ1n) is 13.6. The van der Waals surface area contributed by atoms with Crippen molar-refractivity contribution in [2.24, 2.45) is 0 Å². The Morgan fingerprint density at radius 1 is 1.11 bits per heavy atom. The molecule has 5 aromatic rings. The van der Waals surface area contributed by atoms with Crippen molar-refractivity contribution < 1.29 is 32.9 Å². The van der Waals surface area contributed by atoms with Crippen LogP contribution in [0.1, 0.15) is 17.9 Å². The molecule has 2 aromatic heterocycles. The second kappa shape index (κ2) is 11.6. The summed E-state index contributed by atoms with van der Waals surface area (Å²) in [6.45, 7) is 0.0585. The van der Waals surface area contributed by atoms with E-state index in [1.54, 1.807) is 18.6 Å². The number of nitrogens with zero attached hydrogens (tertiary/aromatic N) is 5. The minimum Gasteiger partial charge on any atom is -0.387 e. The number of aliphatic hydroxyl groups is 1. The van der Waals surface area contributed by atoms with Crippen LogP contribution in [-0.2, 0) is 19.0 Å². The molecule has 2 aliphatic rings. The Bertz CT molecular complexity index is 1820. The molecule has 1 N–H and O–H groups in total. The molecule has 226 valence electrons. The molecule has 0 unspecified atom stereocenters. The Labute approximate surface area is 258 Å². The number of halogens is 3. The summed E-state index contributed by atoms with van der Waals surface area (Å²) in [5.74, 6) is -2.41. The van der Waals surface area contributed by atoms with Gasteiger partial charge < -0.3 is 24.2 Å². The molecule has 1 amide bonds. The molecule has 0 spiro atoms. The number of amides is 1. The lowest BCUT2D eigenvalue weighted by Gasteiger charge is -2.48. The van der Waals surface area contributed by atoms with Gasteiger partial charge in [0.15, 0.2) is 12.4 Å². The average molecular weight is 640 g/mol. The van der Waals surface area contributed by atoms with Gasteiger partial charge in [0.1, 0.15) is 46.7 Å². The number of hydrogen-bond acceptors (Lipinski definition) is 9. The van der Waals surface area contributed by atoms with Gasteiger partial charge in [-0.1, -0.05) is 47.1 Å². The lowest BCUT2D eigenvalue weighted by atomic mass is 9.91. The van der Waals surface area contributed by atoms with Gasteiger partial charge in [0, 0.05) is 23.9 Å². The van der Waals surface area contributed by atoms with Crippen LogP contribution >= 0.6 is 22.9 Å². The number of aliphatic hydroxyl groups excluding tert-OH is 1. The maximum Gasteiger partial charge on any atom is 0.258 e. The van der Waals surface area contributed by atoms with Crippen molar-refractivity contribution in [3.05, 3.63) is 94.6 Å². The van der Waals surface area contributed by atoms with Crippen LogP contribution in [0.15, 0.2) is 72.4 Å². The van der Waals surface area contributed by atoms with Crippen LogP contribution in [0.4, 0.5) is 14.5 Å². The van der Waals surface area contributed by atoms with E-state index in [9.17, 15) is 18.7 Å². The van der Waals surface area contributed by atoms with E-state index < -0.39 is 59.3 Å². The predicted octanol–water partition coefficient (Wildman–Crippen LogP) is 4.93. The maximum absolute atomic E-state index is 14.2. The summed E-state index contributed by atoms with van der Waals surface area (Å²) in [4.78, 5) is 19.5. The van der Waals surface area contributed by atoms with E-state index >= 15 is 0 Å². The van der Waals surface area contributed by atoms with Crippen LogP contribution in [0.2, 0.25) is 5.02 Å². The molecule has 0 radical (unpaired) electrons. The van der Waals surface area contributed by atoms with Gasteiger partial charge in [0.05, 0.1) is 28.5 Å². The average Bonchev–Trinajstić information content (AvgIpc) is 3.72. The number of aromatic nitrogens is 4. The van der Waals surface area contributed by atoms with Crippen molar-refractivity contribution in [3.63, 3.8) is 0 Å². The van der Waals surface area contributed by atoms with E-state index in [-0.39, 0.29) is 17.9 Å². The molecule has 2 fully saturated rings. The Kier molecular flexibility index (Phi) is 7.60. The molecule has 10 nitrogen and oxygen atoms in total. The SMILES string of the molecule is CN(C(=O)[C@@H]1O[C@@H]2CO[C@H](c3ccccc3)O[C@@H]2[C@H](n2cc(-c3cc(F)c(Cl)c(F)c3)nn2)[C@H]1O)c1ccc2ncsc2c1. The highest BCUT2D eigenvalue weighted by atomic mass is 35.5. The van der Waals surface area contributed by atoms with Gasteiger partial charge in [0.2, 0.25) is 0 Å². The van der Waals surface area contributed by atoms with Crippen molar-refractivity contribution in [3.8, 4) is 11.3 Å². The lowest BCUT2D eigenvalue weighted by molar-refractivity contribution is -0.312. The molecule has 7 rings (SSSR count). The number of carbonyl (C=O) groups is 1. The van der Waals surface area contributed by atoms with Gasteiger partial charge in [-0.25, -0.2) is 18.4 Å². The zero-order valence-electron chi connectivity index (χ0n) is 23.0. The first-order chi connectivity index (χ1) is 21.3. The Balaban J connectivity index is 1.23. The number of ether oxygens (including phenoxy) is 3. The van der Waals surface area contributed by atoms with Crippen LogP contribution in [-0.4, -0.2) is 69.1 Å². The fraction of sp³-hybridized carbons (Fsp3) is 0.267. The van der Waals surface area contributed by atoms with Gasteiger partial charge in [-0.2, -0.15) is 0 Å². The fourth-order valence-corrected chi connectivity index (χ4v) is 6.35. The third-order valence-corrected chi connectivity index (χ3v) is 8.97. The third-order valence-electron chi connectivity index (χ3n) is 7.82. The molecule has 6 atom stereocenters. The fourth-order valence-electron chi connectivity index (χ4n) is 5.53. The summed E-state index contributed by atoms with van der Waals surface area (Å²) in [7, 11) is 1.60. The summed E-state index contributed by atoms with van der Waals surface area (Å²) >= 11 is 7.10. The second-order valence-electron chi connectivity index (χ2n) is 10.5. The number of thiazole rings is 1. The van der Waals surface area contributed by atoms with E-state index in [1.807, 2.05) is 42.5 Å². The monoisotopic (exact) mass is 639 g/mol. The largest absolute Gasteiger partial charge is 0.387 e. The van der Waals surface area contributed by atoms with Gasteiger partial charge in [0.25, 0.3) is 5.91 Å². The summed E-state index contributed by atoms with van der Waals surface area (Å²) < 4.78 is 49.2. The van der Waals surface area contributed by atoms with Crippen LogP contribution in [0.25, 0.3) is 21.5 Å². The molecule has 2 saturated heterocycles. The standard InChI is InChI=1S/C30H24ClF2N5O5S/c1-37(17-7-8-20-23(11-17)44-14-34-20)29(40)28-26(39)25(27-22(42-28)13-41-30(43-27)15-5-3-2-4-6-15)38-12-21(35-36-38)16-9-18(32)24(31)19(33)10-16/h2-12,14,22,25-28,30,39H,13H2,1H3/t22-,25-,26-,27+,28-,30+/m1/s1. The maximum atomic E-state index is 14.2. The van der Waals surface area contributed by atoms with Crippen LogP contribution in [0.5, 0.6) is 0 Å². The summed E-state index contributed by atoms with van der Waals surface area (Å²) in [5, 5.41) is 19.4. The lowest BCUT2D eigenvalue weighted by Crippen LogP contribution is -2.62. The van der Waals surface area contributed by atoms with Gasteiger partial charge >= 0.3 is 0 Å². The quantitative estimate of drug-likeness (QED) is 0.270. The molecule has 44 heavy (non-hydrogen) atoms. The van der Waals surface area contributed by atoms with Gasteiger partial charge in [-0.05, 0) is 30.3 Å². The molecule has 0 aliphatic carbocycles. The molecule has 3 aromatic carbocycles. The Morgan fingerprint density at radius 3 is 2.66 bits per heavy atom. The third kappa shape index (κ3) is 5.15.